The number of alkyl halides is 3. The largest absolute Gasteiger partial charge is 0.573 e. The number of carbonyl (C=O) groups is 1. The van der Waals surface area contributed by atoms with Gasteiger partial charge in [-0.15, -0.1) is 23.4 Å². The summed E-state index contributed by atoms with van der Waals surface area (Å²) >= 11 is 0. The van der Waals surface area contributed by atoms with E-state index in [1.807, 2.05) is 13.8 Å². The summed E-state index contributed by atoms with van der Waals surface area (Å²) in [6, 6.07) is 11.0. The van der Waals surface area contributed by atoms with Crippen LogP contribution >= 0.6 is 0 Å². The predicted molar refractivity (Wildman–Crippen MR) is 127 cm³/mol. The molecule has 0 unspecified atom stereocenters. The van der Waals surface area contributed by atoms with E-state index < -0.39 is 6.36 Å². The number of piperidine rings is 1. The molecule has 36 heavy (non-hydrogen) atoms. The summed E-state index contributed by atoms with van der Waals surface area (Å²) in [6.45, 7) is 5.98. The number of hydrogen-bond acceptors (Lipinski definition) is 5. The topological polar surface area (TPSA) is 67.4 Å². The number of hydrogen-bond donors (Lipinski definition) is 1. The van der Waals surface area contributed by atoms with Crippen LogP contribution in [0.2, 0.25) is 0 Å². The molecule has 0 aliphatic carbocycles. The van der Waals surface area contributed by atoms with Gasteiger partial charge in [-0.05, 0) is 92.3 Å². The first-order chi connectivity index (χ1) is 17.1. The molecule has 1 aliphatic heterocycles. The fourth-order valence-electron chi connectivity index (χ4n) is 4.27. The Bertz CT molecular complexity index is 1210. The summed E-state index contributed by atoms with van der Waals surface area (Å²) in [6.07, 6.45) is -3.08. The zero-order valence-corrected chi connectivity index (χ0v) is 19.9. The van der Waals surface area contributed by atoms with E-state index in [1.165, 1.54) is 24.3 Å². The standard InChI is InChI=1S/C26H26F4N4O2/c1-16-17(2)24(33-32-23(16)19-3-7-21(27)8-4-19)34-13-11-18(12-14-34)15-31-25(35)20-5-9-22(10-6-20)36-26(28,29)30/h3-10,18H,11-15H2,1-2H3,(H,31,35). The molecule has 0 atom stereocenters. The van der Waals surface area contributed by atoms with E-state index in [1.54, 1.807) is 12.1 Å². The molecule has 1 aromatic heterocycles. The number of anilines is 1. The normalized spacial score (nSPS) is 14.6. The van der Waals surface area contributed by atoms with Gasteiger partial charge in [0.15, 0.2) is 5.82 Å². The number of amides is 1. The minimum Gasteiger partial charge on any atom is -0.406 e. The first-order valence-corrected chi connectivity index (χ1v) is 11.6. The van der Waals surface area contributed by atoms with Crippen LogP contribution in [0.15, 0.2) is 48.5 Å². The van der Waals surface area contributed by atoms with Crippen molar-refractivity contribution in [3.8, 4) is 17.0 Å². The lowest BCUT2D eigenvalue weighted by molar-refractivity contribution is -0.274. The quantitative estimate of drug-likeness (QED) is 0.455. The monoisotopic (exact) mass is 502 g/mol. The lowest BCUT2D eigenvalue weighted by Gasteiger charge is -2.33. The van der Waals surface area contributed by atoms with Crippen molar-refractivity contribution in [3.05, 3.63) is 71.0 Å². The van der Waals surface area contributed by atoms with Gasteiger partial charge in [-0.3, -0.25) is 4.79 Å². The van der Waals surface area contributed by atoms with Crippen LogP contribution < -0.4 is 15.0 Å². The third-order valence-electron chi connectivity index (χ3n) is 6.43. The lowest BCUT2D eigenvalue weighted by Crippen LogP contribution is -2.39. The van der Waals surface area contributed by atoms with Gasteiger partial charge in [-0.1, -0.05) is 0 Å². The SMILES string of the molecule is Cc1c(-c2ccc(F)cc2)nnc(N2CCC(CNC(=O)c3ccc(OC(F)(F)F)cc3)CC2)c1C. The summed E-state index contributed by atoms with van der Waals surface area (Å²) in [5.74, 6) is 0.0774. The second-order valence-electron chi connectivity index (χ2n) is 8.84. The molecule has 1 N–H and O–H groups in total. The molecule has 4 rings (SSSR count). The van der Waals surface area contributed by atoms with Gasteiger partial charge in [0.2, 0.25) is 0 Å². The number of rotatable bonds is 6. The van der Waals surface area contributed by atoms with Crippen molar-refractivity contribution in [2.75, 3.05) is 24.5 Å². The first-order valence-electron chi connectivity index (χ1n) is 11.6. The van der Waals surface area contributed by atoms with E-state index >= 15 is 0 Å². The zero-order chi connectivity index (χ0) is 25.9. The number of carbonyl (C=O) groups excluding carboxylic acids is 1. The highest BCUT2D eigenvalue weighted by atomic mass is 19.4. The molecule has 2 heterocycles. The van der Waals surface area contributed by atoms with Gasteiger partial charge >= 0.3 is 6.36 Å². The molecule has 0 spiro atoms. The Balaban J connectivity index is 1.30. The van der Waals surface area contributed by atoms with E-state index in [9.17, 15) is 22.4 Å². The van der Waals surface area contributed by atoms with Gasteiger partial charge in [0.1, 0.15) is 11.6 Å². The highest BCUT2D eigenvalue weighted by molar-refractivity contribution is 5.94. The highest BCUT2D eigenvalue weighted by Crippen LogP contribution is 2.30. The fourth-order valence-corrected chi connectivity index (χ4v) is 4.27. The molecule has 10 heteroatoms. The van der Waals surface area contributed by atoms with Crippen LogP contribution in [0.1, 0.15) is 34.3 Å². The van der Waals surface area contributed by atoms with Crippen LogP contribution in [0.4, 0.5) is 23.4 Å². The molecule has 0 bridgehead atoms. The number of halogens is 4. The third-order valence-corrected chi connectivity index (χ3v) is 6.43. The van der Waals surface area contributed by atoms with Gasteiger partial charge in [-0.2, -0.15) is 0 Å². The van der Waals surface area contributed by atoms with Crippen LogP contribution in [0.3, 0.4) is 0 Å². The Labute approximate surface area is 206 Å². The average Bonchev–Trinajstić information content (AvgIpc) is 2.85. The first kappa shape index (κ1) is 25.4. The second-order valence-corrected chi connectivity index (χ2v) is 8.84. The average molecular weight is 503 g/mol. The Morgan fingerprint density at radius 3 is 2.25 bits per heavy atom. The highest BCUT2D eigenvalue weighted by Gasteiger charge is 2.31. The van der Waals surface area contributed by atoms with Crippen molar-refractivity contribution in [2.45, 2.75) is 33.1 Å². The van der Waals surface area contributed by atoms with Crippen molar-refractivity contribution in [1.82, 2.24) is 15.5 Å². The van der Waals surface area contributed by atoms with Gasteiger partial charge in [-0.25, -0.2) is 4.39 Å². The van der Waals surface area contributed by atoms with Crippen molar-refractivity contribution in [2.24, 2.45) is 5.92 Å². The number of nitrogens with one attached hydrogen (secondary N) is 1. The maximum absolute atomic E-state index is 13.3. The molecule has 1 fully saturated rings. The summed E-state index contributed by atoms with van der Waals surface area (Å²) in [5.41, 5.74) is 3.83. The van der Waals surface area contributed by atoms with E-state index in [0.29, 0.717) is 6.54 Å². The minimum atomic E-state index is -4.77. The summed E-state index contributed by atoms with van der Waals surface area (Å²) in [4.78, 5) is 14.6. The number of nitrogens with zero attached hydrogens (tertiary/aromatic N) is 3. The molecular weight excluding hydrogens is 476 g/mol. The molecule has 0 radical (unpaired) electrons. The lowest BCUT2D eigenvalue weighted by atomic mass is 9.96. The number of ether oxygens (including phenoxy) is 1. The van der Waals surface area contributed by atoms with Crippen molar-refractivity contribution >= 4 is 11.7 Å². The molecule has 190 valence electrons. The Morgan fingerprint density at radius 2 is 1.64 bits per heavy atom. The Morgan fingerprint density at radius 1 is 1.00 bits per heavy atom. The van der Waals surface area contributed by atoms with Gasteiger partial charge in [0, 0.05) is 30.8 Å². The molecule has 2 aromatic carbocycles. The minimum absolute atomic E-state index is 0.268. The summed E-state index contributed by atoms with van der Waals surface area (Å²) in [7, 11) is 0. The zero-order valence-electron chi connectivity index (χ0n) is 19.9. The molecule has 1 saturated heterocycles. The van der Waals surface area contributed by atoms with E-state index in [0.717, 1.165) is 66.3 Å². The molecule has 6 nitrogen and oxygen atoms in total. The van der Waals surface area contributed by atoms with Crippen molar-refractivity contribution < 1.29 is 27.1 Å². The molecule has 3 aromatic rings. The molecular formula is C26H26F4N4O2. The second kappa shape index (κ2) is 10.5. The van der Waals surface area contributed by atoms with Crippen LogP contribution in [-0.2, 0) is 0 Å². The number of benzene rings is 2. The third kappa shape index (κ3) is 6.10. The van der Waals surface area contributed by atoms with Gasteiger partial charge in [0.25, 0.3) is 5.91 Å². The van der Waals surface area contributed by atoms with Gasteiger partial charge < -0.3 is 15.0 Å². The van der Waals surface area contributed by atoms with Crippen molar-refractivity contribution in [3.63, 3.8) is 0 Å². The molecule has 1 amide bonds. The molecule has 1 aliphatic rings. The van der Waals surface area contributed by atoms with Crippen LogP contribution in [0.25, 0.3) is 11.3 Å². The maximum atomic E-state index is 13.3. The van der Waals surface area contributed by atoms with E-state index in [-0.39, 0.29) is 29.0 Å². The molecule has 0 saturated carbocycles. The summed E-state index contributed by atoms with van der Waals surface area (Å²) < 4.78 is 53.9. The Kier molecular flexibility index (Phi) is 7.42. The number of aromatic nitrogens is 2. The van der Waals surface area contributed by atoms with E-state index in [2.05, 4.69) is 25.2 Å². The van der Waals surface area contributed by atoms with E-state index in [4.69, 9.17) is 0 Å². The van der Waals surface area contributed by atoms with Gasteiger partial charge in [0.05, 0.1) is 5.69 Å². The smallest absolute Gasteiger partial charge is 0.406 e. The summed E-state index contributed by atoms with van der Waals surface area (Å²) in [5, 5.41) is 11.7. The Hall–Kier alpha value is -3.69. The van der Waals surface area contributed by atoms with Crippen LogP contribution in [-0.4, -0.2) is 42.1 Å². The maximum Gasteiger partial charge on any atom is 0.573 e. The van der Waals surface area contributed by atoms with Crippen molar-refractivity contribution in [1.29, 1.82) is 0 Å². The van der Waals surface area contributed by atoms with Crippen LogP contribution in [0, 0.1) is 25.6 Å². The van der Waals surface area contributed by atoms with Crippen LogP contribution in [0.5, 0.6) is 5.75 Å². The fraction of sp³-hybridized carbons (Fsp3) is 0.346. The predicted octanol–water partition coefficient (Wildman–Crippen LogP) is 5.44.